The summed E-state index contributed by atoms with van der Waals surface area (Å²) in [6, 6.07) is 11.0. The molecule has 0 unspecified atom stereocenters. The van der Waals surface area contributed by atoms with Crippen LogP contribution in [-0.4, -0.2) is 42.2 Å². The number of amides is 2. The minimum atomic E-state index is -0.712. The number of nitrogens with one attached hydrogen (secondary N) is 2. The van der Waals surface area contributed by atoms with Gasteiger partial charge in [-0.05, 0) is 37.6 Å². The van der Waals surface area contributed by atoms with Crippen LogP contribution in [0.1, 0.15) is 30.6 Å². The Kier molecular flexibility index (Phi) is 7.21. The maximum atomic E-state index is 12.7. The van der Waals surface area contributed by atoms with Gasteiger partial charge in [0.15, 0.2) is 0 Å². The molecule has 1 aliphatic rings. The van der Waals surface area contributed by atoms with Gasteiger partial charge in [0.25, 0.3) is 0 Å². The number of hydrogen-bond donors (Lipinski definition) is 2. The van der Waals surface area contributed by atoms with Gasteiger partial charge in [0, 0.05) is 6.20 Å². The second-order valence-electron chi connectivity index (χ2n) is 6.52. The fourth-order valence-electron chi connectivity index (χ4n) is 3.02. The molecule has 0 saturated carbocycles. The zero-order valence-electron chi connectivity index (χ0n) is 17.2. The maximum Gasteiger partial charge on any atom is 0.344 e. The quantitative estimate of drug-likeness (QED) is 0.625. The fraction of sp³-hybridized carbons (Fsp3) is 0.273. The average molecular weight is 425 g/mol. The van der Waals surface area contributed by atoms with E-state index in [1.54, 1.807) is 37.3 Å². The van der Waals surface area contributed by atoms with Crippen LogP contribution in [0.15, 0.2) is 59.9 Å². The van der Waals surface area contributed by atoms with Gasteiger partial charge in [-0.25, -0.2) is 19.4 Å². The van der Waals surface area contributed by atoms with Crippen LogP contribution in [-0.2, 0) is 14.3 Å². The van der Waals surface area contributed by atoms with Crippen molar-refractivity contribution in [2.75, 3.05) is 13.2 Å². The van der Waals surface area contributed by atoms with Gasteiger partial charge in [0.05, 0.1) is 23.9 Å². The number of ether oxygens (including phenoxy) is 3. The summed E-state index contributed by atoms with van der Waals surface area (Å²) in [4.78, 5) is 41.2. The van der Waals surface area contributed by atoms with Crippen LogP contribution in [0, 0.1) is 0 Å². The lowest BCUT2D eigenvalue weighted by Crippen LogP contribution is -2.51. The first kappa shape index (κ1) is 21.8. The van der Waals surface area contributed by atoms with Crippen molar-refractivity contribution in [1.82, 2.24) is 15.6 Å². The number of pyridine rings is 1. The smallest absolute Gasteiger partial charge is 0.344 e. The number of carbonyl (C=O) groups is 3. The third kappa shape index (κ3) is 5.39. The Morgan fingerprint density at radius 3 is 2.52 bits per heavy atom. The molecule has 0 radical (unpaired) electrons. The largest absolute Gasteiger partial charge is 0.463 e. The number of rotatable bonds is 8. The van der Waals surface area contributed by atoms with Crippen LogP contribution < -0.4 is 15.4 Å². The number of aromatic nitrogens is 1. The van der Waals surface area contributed by atoms with Gasteiger partial charge >= 0.3 is 18.0 Å². The molecule has 1 aliphatic heterocycles. The molecule has 2 N–H and O–H groups in total. The second-order valence-corrected chi connectivity index (χ2v) is 6.52. The Hall–Kier alpha value is -3.88. The topological polar surface area (TPSA) is 116 Å². The van der Waals surface area contributed by atoms with Crippen molar-refractivity contribution in [1.29, 1.82) is 0 Å². The molecule has 1 aromatic carbocycles. The molecule has 9 heteroatoms. The van der Waals surface area contributed by atoms with Gasteiger partial charge in [-0.1, -0.05) is 25.1 Å². The van der Waals surface area contributed by atoms with Gasteiger partial charge in [-0.2, -0.15) is 0 Å². The number of para-hydroxylation sites is 1. The first-order chi connectivity index (χ1) is 15.0. The Morgan fingerprint density at radius 2 is 1.81 bits per heavy atom. The SMILES string of the molecule is CCOC(=O)C1=C(COC(=O)c2cccnc2Oc2ccccc2)NC(=O)N[C@H]1CC. The van der Waals surface area contributed by atoms with Gasteiger partial charge in [-0.15, -0.1) is 0 Å². The number of esters is 2. The summed E-state index contributed by atoms with van der Waals surface area (Å²) in [5.41, 5.74) is 0.512. The summed E-state index contributed by atoms with van der Waals surface area (Å²) in [6.07, 6.45) is 1.96. The Bertz CT molecular complexity index is 990. The molecule has 9 nitrogen and oxygen atoms in total. The highest BCUT2D eigenvalue weighted by molar-refractivity contribution is 5.95. The van der Waals surface area contributed by atoms with Crippen LogP contribution in [0.4, 0.5) is 4.79 Å². The molecule has 0 bridgehead atoms. The predicted molar refractivity (Wildman–Crippen MR) is 110 cm³/mol. The van der Waals surface area contributed by atoms with Crippen molar-refractivity contribution in [3.8, 4) is 11.6 Å². The van der Waals surface area contributed by atoms with E-state index in [1.165, 1.54) is 12.3 Å². The van der Waals surface area contributed by atoms with Gasteiger partial charge < -0.3 is 24.8 Å². The van der Waals surface area contributed by atoms with E-state index in [-0.39, 0.29) is 35.9 Å². The number of urea groups is 1. The van der Waals surface area contributed by atoms with E-state index in [0.29, 0.717) is 12.2 Å². The normalized spacial score (nSPS) is 15.5. The van der Waals surface area contributed by atoms with Crippen molar-refractivity contribution >= 4 is 18.0 Å². The highest BCUT2D eigenvalue weighted by atomic mass is 16.5. The second kappa shape index (κ2) is 10.2. The average Bonchev–Trinajstić information content (AvgIpc) is 2.78. The van der Waals surface area contributed by atoms with Crippen LogP contribution in [0.3, 0.4) is 0 Å². The molecule has 31 heavy (non-hydrogen) atoms. The van der Waals surface area contributed by atoms with E-state index in [1.807, 2.05) is 13.0 Å². The molecule has 0 spiro atoms. The summed E-state index contributed by atoms with van der Waals surface area (Å²) in [7, 11) is 0. The molecule has 0 aliphatic carbocycles. The number of benzene rings is 1. The predicted octanol–water partition coefficient (Wildman–Crippen LogP) is 2.94. The lowest BCUT2D eigenvalue weighted by Gasteiger charge is -2.28. The van der Waals surface area contributed by atoms with E-state index in [4.69, 9.17) is 14.2 Å². The maximum absolute atomic E-state index is 12.7. The zero-order valence-corrected chi connectivity index (χ0v) is 17.2. The van der Waals surface area contributed by atoms with E-state index in [9.17, 15) is 14.4 Å². The van der Waals surface area contributed by atoms with Crippen molar-refractivity contribution in [2.45, 2.75) is 26.3 Å². The summed E-state index contributed by atoms with van der Waals surface area (Å²) in [5.74, 6) is -0.698. The minimum Gasteiger partial charge on any atom is -0.463 e. The molecule has 162 valence electrons. The number of nitrogens with zero attached hydrogens (tertiary/aromatic N) is 1. The molecule has 1 atom stereocenters. The monoisotopic (exact) mass is 425 g/mol. The summed E-state index contributed by atoms with van der Waals surface area (Å²) < 4.78 is 16.2. The van der Waals surface area contributed by atoms with Gasteiger partial charge in [0.1, 0.15) is 17.9 Å². The van der Waals surface area contributed by atoms with Crippen molar-refractivity contribution in [3.63, 3.8) is 0 Å². The summed E-state index contributed by atoms with van der Waals surface area (Å²) >= 11 is 0. The van der Waals surface area contributed by atoms with Crippen molar-refractivity contribution in [3.05, 3.63) is 65.5 Å². The lowest BCUT2D eigenvalue weighted by atomic mass is 10.0. The molecule has 2 heterocycles. The molecule has 0 saturated heterocycles. The third-order valence-corrected chi connectivity index (χ3v) is 4.44. The van der Waals surface area contributed by atoms with Crippen LogP contribution in [0.2, 0.25) is 0 Å². The third-order valence-electron chi connectivity index (χ3n) is 4.44. The van der Waals surface area contributed by atoms with Crippen LogP contribution in [0.5, 0.6) is 11.6 Å². The minimum absolute atomic E-state index is 0.0825. The standard InChI is InChI=1S/C22H23N3O6/c1-3-16-18(21(27)29-4-2)17(25-22(28)24-16)13-30-20(26)15-11-8-12-23-19(15)31-14-9-6-5-7-10-14/h5-12,16H,3-4,13H2,1-2H3,(H2,24,25,28)/t16-/m0/s1. The highest BCUT2D eigenvalue weighted by Crippen LogP contribution is 2.24. The molecule has 3 rings (SSSR count). The lowest BCUT2D eigenvalue weighted by molar-refractivity contribution is -0.139. The summed E-state index contributed by atoms with van der Waals surface area (Å²) in [6.45, 7) is 3.36. The first-order valence-electron chi connectivity index (χ1n) is 9.86. The van der Waals surface area contributed by atoms with Crippen LogP contribution in [0.25, 0.3) is 0 Å². The van der Waals surface area contributed by atoms with Gasteiger partial charge in [-0.3, -0.25) is 0 Å². The van der Waals surface area contributed by atoms with E-state index in [0.717, 1.165) is 0 Å². The first-order valence-corrected chi connectivity index (χ1v) is 9.86. The number of carbonyl (C=O) groups excluding carboxylic acids is 3. The Morgan fingerprint density at radius 1 is 1.03 bits per heavy atom. The number of hydrogen-bond acceptors (Lipinski definition) is 7. The summed E-state index contributed by atoms with van der Waals surface area (Å²) in [5, 5.41) is 5.20. The van der Waals surface area contributed by atoms with Crippen LogP contribution >= 0.6 is 0 Å². The van der Waals surface area contributed by atoms with Crippen molar-refractivity contribution < 1.29 is 28.6 Å². The van der Waals surface area contributed by atoms with Gasteiger partial charge in [0.2, 0.25) is 5.88 Å². The van der Waals surface area contributed by atoms with E-state index in [2.05, 4.69) is 15.6 Å². The molecular weight excluding hydrogens is 402 g/mol. The zero-order chi connectivity index (χ0) is 22.2. The molecular formula is C22H23N3O6. The Balaban J connectivity index is 1.80. The molecule has 2 amide bonds. The Labute approximate surface area is 179 Å². The van der Waals surface area contributed by atoms with Crippen molar-refractivity contribution in [2.24, 2.45) is 0 Å². The molecule has 2 aromatic rings. The molecule has 0 fully saturated rings. The highest BCUT2D eigenvalue weighted by Gasteiger charge is 2.32. The fourth-order valence-corrected chi connectivity index (χ4v) is 3.02. The van der Waals surface area contributed by atoms with E-state index < -0.39 is 24.0 Å². The molecule has 1 aromatic heterocycles. The van der Waals surface area contributed by atoms with E-state index >= 15 is 0 Å².